The fourth-order valence-corrected chi connectivity index (χ4v) is 3.77. The molecule has 3 heteroatoms. The van der Waals surface area contributed by atoms with Crippen LogP contribution in [0.3, 0.4) is 0 Å². The molecule has 0 aliphatic carbocycles. The van der Waals surface area contributed by atoms with Crippen LogP contribution in [0.5, 0.6) is 0 Å². The third-order valence-corrected chi connectivity index (χ3v) is 5.53. The average molecular weight is 355 g/mol. The van der Waals surface area contributed by atoms with Gasteiger partial charge < -0.3 is 10.1 Å². The van der Waals surface area contributed by atoms with E-state index in [9.17, 15) is 0 Å². The number of nitrogens with one attached hydrogen (secondary N) is 1. The summed E-state index contributed by atoms with van der Waals surface area (Å²) in [6, 6.07) is 0.744. The monoisotopic (exact) mass is 354 g/mol. The van der Waals surface area contributed by atoms with E-state index in [0.717, 1.165) is 38.9 Å². The molecular weight excluding hydrogens is 308 g/mol. The maximum Gasteiger partial charge on any atom is 0.0594 e. The van der Waals surface area contributed by atoms with Crippen molar-refractivity contribution in [3.05, 3.63) is 0 Å². The zero-order valence-electron chi connectivity index (χ0n) is 17.4. The first-order valence-corrected chi connectivity index (χ1v) is 11.4. The highest BCUT2D eigenvalue weighted by molar-refractivity contribution is 4.70. The molecular formula is C22H46N2O. The smallest absolute Gasteiger partial charge is 0.0594 e. The minimum atomic E-state index is 0.744. The number of hydrogen-bond acceptors (Lipinski definition) is 3. The van der Waals surface area contributed by atoms with Gasteiger partial charge in [-0.25, -0.2) is 0 Å². The maximum absolute atomic E-state index is 5.44. The van der Waals surface area contributed by atoms with Crippen molar-refractivity contribution in [2.24, 2.45) is 0 Å². The molecule has 1 fully saturated rings. The van der Waals surface area contributed by atoms with Gasteiger partial charge in [-0.05, 0) is 12.8 Å². The number of nitrogens with zero attached hydrogens (tertiary/aromatic N) is 1. The molecule has 0 aromatic rings. The molecule has 0 spiro atoms. The van der Waals surface area contributed by atoms with Crippen molar-refractivity contribution in [3.8, 4) is 0 Å². The predicted octanol–water partition coefficient (Wildman–Crippen LogP) is 5.39. The van der Waals surface area contributed by atoms with Gasteiger partial charge in [0.2, 0.25) is 0 Å². The van der Waals surface area contributed by atoms with Crippen molar-refractivity contribution in [1.29, 1.82) is 0 Å². The van der Waals surface area contributed by atoms with Gasteiger partial charge in [-0.1, -0.05) is 84.5 Å². The zero-order chi connectivity index (χ0) is 18.0. The van der Waals surface area contributed by atoms with Crippen molar-refractivity contribution in [1.82, 2.24) is 10.2 Å². The molecule has 1 atom stereocenters. The fraction of sp³-hybridized carbons (Fsp3) is 1.00. The van der Waals surface area contributed by atoms with E-state index in [1.807, 2.05) is 0 Å². The fourth-order valence-electron chi connectivity index (χ4n) is 3.77. The molecule has 0 radical (unpaired) electrons. The quantitative estimate of drug-likeness (QED) is 0.355. The Morgan fingerprint density at radius 1 is 0.760 bits per heavy atom. The van der Waals surface area contributed by atoms with Gasteiger partial charge in [0.1, 0.15) is 0 Å². The summed E-state index contributed by atoms with van der Waals surface area (Å²) in [7, 11) is 0. The Hall–Kier alpha value is -0.120. The highest BCUT2D eigenvalue weighted by Crippen LogP contribution is 2.14. The highest BCUT2D eigenvalue weighted by atomic mass is 16.5. The van der Waals surface area contributed by atoms with E-state index in [2.05, 4.69) is 24.1 Å². The van der Waals surface area contributed by atoms with E-state index in [4.69, 9.17) is 4.74 Å². The lowest BCUT2D eigenvalue weighted by Crippen LogP contribution is -2.42. The third kappa shape index (κ3) is 13.7. The molecule has 1 saturated heterocycles. The molecule has 150 valence electrons. The molecule has 0 aromatic carbocycles. The summed E-state index contributed by atoms with van der Waals surface area (Å²) in [6.07, 6.45) is 18.2. The molecule has 0 amide bonds. The Kier molecular flexibility index (Phi) is 15.9. The SMILES string of the molecule is CCCCCCCCC(CCCCCCC)NCCN1CCOCC1. The van der Waals surface area contributed by atoms with Crippen molar-refractivity contribution in [2.75, 3.05) is 39.4 Å². The van der Waals surface area contributed by atoms with Gasteiger partial charge in [0.15, 0.2) is 0 Å². The second-order valence-corrected chi connectivity index (χ2v) is 7.86. The molecule has 1 aliphatic rings. The molecule has 1 N–H and O–H groups in total. The van der Waals surface area contributed by atoms with Crippen LogP contribution in [0.4, 0.5) is 0 Å². The summed E-state index contributed by atoms with van der Waals surface area (Å²) >= 11 is 0. The lowest BCUT2D eigenvalue weighted by molar-refractivity contribution is 0.0380. The van der Waals surface area contributed by atoms with E-state index in [1.54, 1.807) is 0 Å². The first-order valence-electron chi connectivity index (χ1n) is 11.4. The average Bonchev–Trinajstić information content (AvgIpc) is 2.64. The molecule has 1 heterocycles. The van der Waals surface area contributed by atoms with Crippen LogP contribution in [0.15, 0.2) is 0 Å². The van der Waals surface area contributed by atoms with Gasteiger partial charge >= 0.3 is 0 Å². The van der Waals surface area contributed by atoms with Gasteiger partial charge in [-0.3, -0.25) is 4.90 Å². The van der Waals surface area contributed by atoms with Gasteiger partial charge in [-0.2, -0.15) is 0 Å². The molecule has 1 rings (SSSR count). The Labute approximate surface area is 158 Å². The van der Waals surface area contributed by atoms with E-state index < -0.39 is 0 Å². The number of morpholine rings is 1. The third-order valence-electron chi connectivity index (χ3n) is 5.53. The van der Waals surface area contributed by atoms with Crippen LogP contribution in [0.2, 0.25) is 0 Å². The van der Waals surface area contributed by atoms with E-state index in [1.165, 1.54) is 90.0 Å². The number of ether oxygens (including phenoxy) is 1. The topological polar surface area (TPSA) is 24.5 Å². The van der Waals surface area contributed by atoms with E-state index in [0.29, 0.717) is 0 Å². The molecule has 0 aromatic heterocycles. The predicted molar refractivity (Wildman–Crippen MR) is 110 cm³/mol. The van der Waals surface area contributed by atoms with Crippen LogP contribution in [0.25, 0.3) is 0 Å². The lowest BCUT2D eigenvalue weighted by atomic mass is 10.00. The van der Waals surface area contributed by atoms with Gasteiger partial charge in [0.05, 0.1) is 13.2 Å². The molecule has 0 bridgehead atoms. The molecule has 1 unspecified atom stereocenters. The zero-order valence-corrected chi connectivity index (χ0v) is 17.4. The summed E-state index contributed by atoms with van der Waals surface area (Å²) in [6.45, 7) is 11.0. The van der Waals surface area contributed by atoms with Crippen molar-refractivity contribution < 1.29 is 4.74 Å². The lowest BCUT2D eigenvalue weighted by Gasteiger charge is -2.28. The molecule has 3 nitrogen and oxygen atoms in total. The van der Waals surface area contributed by atoms with Crippen LogP contribution in [0.1, 0.15) is 97.3 Å². The summed E-state index contributed by atoms with van der Waals surface area (Å²) in [5.41, 5.74) is 0. The summed E-state index contributed by atoms with van der Waals surface area (Å²) in [4.78, 5) is 2.54. The standard InChI is InChI=1S/C22H46N2O/c1-3-5-7-9-11-13-15-22(14-12-10-8-6-4-2)23-16-17-24-18-20-25-21-19-24/h22-23H,3-21H2,1-2H3. The van der Waals surface area contributed by atoms with E-state index in [-0.39, 0.29) is 0 Å². The summed E-state index contributed by atoms with van der Waals surface area (Å²) in [5, 5.41) is 3.88. The largest absolute Gasteiger partial charge is 0.379 e. The molecule has 25 heavy (non-hydrogen) atoms. The van der Waals surface area contributed by atoms with E-state index >= 15 is 0 Å². The summed E-state index contributed by atoms with van der Waals surface area (Å²) in [5.74, 6) is 0. The molecule has 1 aliphatic heterocycles. The van der Waals surface area contributed by atoms with Crippen molar-refractivity contribution in [3.63, 3.8) is 0 Å². The van der Waals surface area contributed by atoms with Gasteiger partial charge in [0, 0.05) is 32.2 Å². The number of hydrogen-bond donors (Lipinski definition) is 1. The minimum Gasteiger partial charge on any atom is -0.379 e. The van der Waals surface area contributed by atoms with Crippen LogP contribution in [0, 0.1) is 0 Å². The normalized spacial score (nSPS) is 17.0. The Morgan fingerprint density at radius 3 is 1.84 bits per heavy atom. The van der Waals surface area contributed by atoms with Crippen molar-refractivity contribution >= 4 is 0 Å². The van der Waals surface area contributed by atoms with Crippen LogP contribution in [-0.2, 0) is 4.74 Å². The second kappa shape index (κ2) is 17.3. The van der Waals surface area contributed by atoms with Crippen LogP contribution in [-0.4, -0.2) is 50.3 Å². The molecule has 0 saturated carbocycles. The van der Waals surface area contributed by atoms with Crippen LogP contribution >= 0.6 is 0 Å². The first-order chi connectivity index (χ1) is 12.4. The highest BCUT2D eigenvalue weighted by Gasteiger charge is 2.12. The van der Waals surface area contributed by atoms with Gasteiger partial charge in [-0.15, -0.1) is 0 Å². The number of unbranched alkanes of at least 4 members (excludes halogenated alkanes) is 9. The Balaban J connectivity index is 2.13. The number of rotatable bonds is 17. The second-order valence-electron chi connectivity index (χ2n) is 7.86. The Bertz CT molecular complexity index is 267. The maximum atomic E-state index is 5.44. The van der Waals surface area contributed by atoms with Crippen LogP contribution < -0.4 is 5.32 Å². The van der Waals surface area contributed by atoms with Gasteiger partial charge in [0.25, 0.3) is 0 Å². The Morgan fingerprint density at radius 2 is 1.28 bits per heavy atom. The van der Waals surface area contributed by atoms with Crippen molar-refractivity contribution in [2.45, 2.75) is 103 Å². The summed E-state index contributed by atoms with van der Waals surface area (Å²) < 4.78 is 5.44. The first kappa shape index (κ1) is 22.9. The minimum absolute atomic E-state index is 0.744.